The highest BCUT2D eigenvalue weighted by Crippen LogP contribution is 2.24. The summed E-state index contributed by atoms with van der Waals surface area (Å²) in [6, 6.07) is 6.00. The van der Waals surface area contributed by atoms with Crippen LogP contribution in [0.5, 0.6) is 5.75 Å². The first-order valence-corrected chi connectivity index (χ1v) is 6.06. The number of halogens is 1. The average molecular weight is 272 g/mol. The zero-order valence-corrected chi connectivity index (χ0v) is 12.0. The largest absolute Gasteiger partial charge is 0.426 e. The van der Waals surface area contributed by atoms with Crippen LogP contribution < -0.4 is 10.5 Å². The van der Waals surface area contributed by atoms with Gasteiger partial charge in [0.25, 0.3) is 0 Å². The van der Waals surface area contributed by atoms with Crippen LogP contribution in [0.1, 0.15) is 43.7 Å². The predicted molar refractivity (Wildman–Crippen MR) is 76.4 cm³/mol. The van der Waals surface area contributed by atoms with Crippen LogP contribution in [-0.2, 0) is 4.79 Å². The predicted octanol–water partition coefficient (Wildman–Crippen LogP) is 3.18. The van der Waals surface area contributed by atoms with Gasteiger partial charge < -0.3 is 10.5 Å². The number of benzene rings is 1. The Kier molecular flexibility index (Phi) is 7.64. The monoisotopic (exact) mass is 271 g/mol. The van der Waals surface area contributed by atoms with Crippen molar-refractivity contribution in [1.29, 1.82) is 0 Å². The number of hydrogen-bond acceptors (Lipinski definition) is 3. The molecule has 18 heavy (non-hydrogen) atoms. The molecule has 102 valence electrons. The van der Waals surface area contributed by atoms with Gasteiger partial charge in [-0.15, -0.1) is 12.4 Å². The molecule has 0 amide bonds. The first-order chi connectivity index (χ1) is 8.04. The summed E-state index contributed by atoms with van der Waals surface area (Å²) in [4.78, 5) is 11.5. The van der Waals surface area contributed by atoms with Gasteiger partial charge in [0.05, 0.1) is 0 Å². The maximum absolute atomic E-state index is 11.5. The Bertz CT molecular complexity index is 391. The van der Waals surface area contributed by atoms with Crippen LogP contribution in [0.25, 0.3) is 0 Å². The maximum Gasteiger partial charge on any atom is 0.311 e. The zero-order chi connectivity index (χ0) is 12.8. The van der Waals surface area contributed by atoms with Crippen molar-refractivity contribution >= 4 is 18.4 Å². The summed E-state index contributed by atoms with van der Waals surface area (Å²) in [5, 5.41) is 0. The number of aryl methyl sites for hydroxylation is 1. The Morgan fingerprint density at radius 3 is 2.61 bits per heavy atom. The number of carbonyl (C=O) groups excluding carboxylic acids is 1. The van der Waals surface area contributed by atoms with E-state index >= 15 is 0 Å². The smallest absolute Gasteiger partial charge is 0.311 e. The molecule has 4 heteroatoms. The van der Waals surface area contributed by atoms with E-state index in [-0.39, 0.29) is 18.4 Å². The molecule has 3 nitrogen and oxygen atoms in total. The molecule has 1 rings (SSSR count). The molecule has 0 radical (unpaired) electrons. The number of ether oxygens (including phenoxy) is 1. The van der Waals surface area contributed by atoms with E-state index in [9.17, 15) is 4.79 Å². The van der Waals surface area contributed by atoms with Gasteiger partial charge in [-0.05, 0) is 43.0 Å². The van der Waals surface area contributed by atoms with Crippen molar-refractivity contribution < 1.29 is 9.53 Å². The summed E-state index contributed by atoms with van der Waals surface area (Å²) < 4.78 is 5.34. The highest BCUT2D eigenvalue weighted by atomic mass is 35.5. The van der Waals surface area contributed by atoms with E-state index in [4.69, 9.17) is 10.5 Å². The Morgan fingerprint density at radius 2 is 2.06 bits per heavy atom. The molecule has 0 fully saturated rings. The molecule has 1 aromatic carbocycles. The van der Waals surface area contributed by atoms with Crippen molar-refractivity contribution in [2.24, 2.45) is 5.73 Å². The molecule has 0 aromatic heterocycles. The summed E-state index contributed by atoms with van der Waals surface area (Å²) in [7, 11) is 0. The van der Waals surface area contributed by atoms with Crippen molar-refractivity contribution in [2.45, 2.75) is 39.5 Å². The summed E-state index contributed by atoms with van der Waals surface area (Å²) in [6.45, 7) is 6.69. The molecule has 1 aromatic rings. The Hall–Kier alpha value is -1.06. The number of nitrogens with two attached hydrogens (primary N) is 1. The third-order valence-electron chi connectivity index (χ3n) is 2.69. The van der Waals surface area contributed by atoms with Crippen LogP contribution in [0.15, 0.2) is 18.2 Å². The molecule has 0 heterocycles. The van der Waals surface area contributed by atoms with Crippen LogP contribution in [0.4, 0.5) is 0 Å². The highest BCUT2D eigenvalue weighted by molar-refractivity contribution is 5.85. The maximum atomic E-state index is 11.5. The molecule has 0 saturated heterocycles. The number of hydrogen-bond donors (Lipinski definition) is 1. The molecular weight excluding hydrogens is 250 g/mol. The van der Waals surface area contributed by atoms with Gasteiger partial charge in [-0.25, -0.2) is 0 Å². The lowest BCUT2D eigenvalue weighted by molar-refractivity contribution is -0.134. The van der Waals surface area contributed by atoms with Crippen LogP contribution in [0, 0.1) is 6.92 Å². The Balaban J connectivity index is 0.00000289. The minimum atomic E-state index is -0.209. The van der Waals surface area contributed by atoms with E-state index in [1.807, 2.05) is 19.1 Å². The van der Waals surface area contributed by atoms with E-state index in [2.05, 4.69) is 19.9 Å². The second-order valence-electron chi connectivity index (χ2n) is 4.55. The van der Waals surface area contributed by atoms with E-state index in [1.54, 1.807) is 0 Å². The molecule has 0 atom stereocenters. The molecule has 0 aliphatic rings. The third kappa shape index (κ3) is 5.07. The van der Waals surface area contributed by atoms with Gasteiger partial charge in [0.1, 0.15) is 5.75 Å². The van der Waals surface area contributed by atoms with Gasteiger partial charge in [0.2, 0.25) is 0 Å². The number of rotatable bonds is 5. The lowest BCUT2D eigenvalue weighted by Gasteiger charge is -2.11. The minimum Gasteiger partial charge on any atom is -0.426 e. The summed E-state index contributed by atoms with van der Waals surface area (Å²) in [5.41, 5.74) is 7.52. The van der Waals surface area contributed by atoms with Crippen molar-refractivity contribution in [3.8, 4) is 5.75 Å². The molecule has 0 saturated carbocycles. The van der Waals surface area contributed by atoms with Gasteiger partial charge in [-0.2, -0.15) is 0 Å². The Morgan fingerprint density at radius 1 is 1.39 bits per heavy atom. The van der Waals surface area contributed by atoms with E-state index < -0.39 is 0 Å². The molecule has 0 bridgehead atoms. The fourth-order valence-electron chi connectivity index (χ4n) is 1.51. The fourth-order valence-corrected chi connectivity index (χ4v) is 1.51. The van der Waals surface area contributed by atoms with Crippen LogP contribution in [0.2, 0.25) is 0 Å². The van der Waals surface area contributed by atoms with Gasteiger partial charge in [-0.3, -0.25) is 4.79 Å². The van der Waals surface area contributed by atoms with Crippen molar-refractivity contribution in [3.05, 3.63) is 29.3 Å². The summed E-state index contributed by atoms with van der Waals surface area (Å²) in [5.74, 6) is 0.884. The molecule has 0 aliphatic heterocycles. The minimum absolute atomic E-state index is 0. The molecule has 0 unspecified atom stereocenters. The summed E-state index contributed by atoms with van der Waals surface area (Å²) >= 11 is 0. The van der Waals surface area contributed by atoms with E-state index in [0.29, 0.717) is 31.1 Å². The van der Waals surface area contributed by atoms with Gasteiger partial charge in [-0.1, -0.05) is 26.0 Å². The first kappa shape index (κ1) is 16.9. The third-order valence-corrected chi connectivity index (χ3v) is 2.69. The first-order valence-electron chi connectivity index (χ1n) is 6.06. The molecular formula is C14H22ClNO2. The summed E-state index contributed by atoms with van der Waals surface area (Å²) in [6.07, 6.45) is 1.05. The topological polar surface area (TPSA) is 52.3 Å². The molecule has 2 N–H and O–H groups in total. The van der Waals surface area contributed by atoms with Gasteiger partial charge in [0, 0.05) is 6.42 Å². The van der Waals surface area contributed by atoms with Gasteiger partial charge in [0.15, 0.2) is 0 Å². The normalized spacial score (nSPS) is 10.1. The van der Waals surface area contributed by atoms with E-state index in [0.717, 1.165) is 5.56 Å². The zero-order valence-electron chi connectivity index (χ0n) is 11.2. The molecule has 0 spiro atoms. The fraction of sp³-hybridized carbons (Fsp3) is 0.500. The van der Waals surface area contributed by atoms with Crippen molar-refractivity contribution in [1.82, 2.24) is 0 Å². The second kappa shape index (κ2) is 8.11. The number of carbonyl (C=O) groups is 1. The Labute approximate surface area is 115 Å². The lowest BCUT2D eigenvalue weighted by atomic mass is 10.0. The highest BCUT2D eigenvalue weighted by Gasteiger charge is 2.09. The van der Waals surface area contributed by atoms with Crippen LogP contribution in [0.3, 0.4) is 0 Å². The van der Waals surface area contributed by atoms with E-state index in [1.165, 1.54) is 5.56 Å². The van der Waals surface area contributed by atoms with Crippen molar-refractivity contribution in [3.63, 3.8) is 0 Å². The standard InChI is InChI=1S/C14H21NO2.ClH/c1-10(2)12-7-6-11(3)13(9-12)17-14(16)5-4-8-15;/h6-7,9-10H,4-5,8,15H2,1-3H3;1H. The van der Waals surface area contributed by atoms with Crippen LogP contribution in [-0.4, -0.2) is 12.5 Å². The second-order valence-corrected chi connectivity index (χ2v) is 4.55. The van der Waals surface area contributed by atoms with Crippen molar-refractivity contribution in [2.75, 3.05) is 6.54 Å². The van der Waals surface area contributed by atoms with Gasteiger partial charge >= 0.3 is 5.97 Å². The number of esters is 1. The molecule has 0 aliphatic carbocycles. The quantitative estimate of drug-likeness (QED) is 0.661. The lowest BCUT2D eigenvalue weighted by Crippen LogP contribution is -2.11. The van der Waals surface area contributed by atoms with Crippen LogP contribution >= 0.6 is 12.4 Å². The SMILES string of the molecule is Cc1ccc(C(C)C)cc1OC(=O)CCCN.Cl. The average Bonchev–Trinajstić information content (AvgIpc) is 2.29.